The number of rotatable bonds is 7. The molecule has 0 saturated carbocycles. The molecular weight excluding hydrogens is 544 g/mol. The van der Waals surface area contributed by atoms with Gasteiger partial charge < -0.3 is 9.47 Å². The van der Waals surface area contributed by atoms with Crippen molar-refractivity contribution in [1.29, 1.82) is 0 Å². The summed E-state index contributed by atoms with van der Waals surface area (Å²) in [5.74, 6) is 0.496. The van der Waals surface area contributed by atoms with E-state index in [2.05, 4.69) is 9.50 Å². The van der Waals surface area contributed by atoms with Crippen LogP contribution in [0.2, 0.25) is 0 Å². The van der Waals surface area contributed by atoms with Crippen LogP contribution in [0, 0.1) is 5.92 Å². The van der Waals surface area contributed by atoms with Crippen LogP contribution in [0.25, 0.3) is 0 Å². The highest BCUT2D eigenvalue weighted by molar-refractivity contribution is 7.90. The third-order valence-corrected chi connectivity index (χ3v) is 8.52. The molecule has 0 saturated heterocycles. The molecule has 0 bridgehead atoms. The summed E-state index contributed by atoms with van der Waals surface area (Å²) in [7, 11) is -2.43. The fraction of sp³-hybridized carbons (Fsp3) is 0.467. The van der Waals surface area contributed by atoms with Gasteiger partial charge in [0.05, 0.1) is 24.4 Å². The van der Waals surface area contributed by atoms with Gasteiger partial charge in [-0.25, -0.2) is 14.7 Å². The standard InChI is InChI=1S/C30H38N4O6S/c1-9-30(10-2)23-15-20(11-14-24(23)34(27(30)35)28(36)40-29(5,6)7)17-31-33(18-19(3)4)26-22-13-12-21(39-8)16-25(22)41(37,38)32-26/h11-17,19H,9-10,18H2,1-8H3/b31-17+. The Balaban J connectivity index is 1.75. The minimum absolute atomic E-state index is 0.0739. The number of hydrogen-bond acceptors (Lipinski definition) is 8. The lowest BCUT2D eigenvalue weighted by Crippen LogP contribution is -2.44. The maximum atomic E-state index is 13.7. The van der Waals surface area contributed by atoms with Crippen LogP contribution in [-0.2, 0) is 25.0 Å². The van der Waals surface area contributed by atoms with Gasteiger partial charge in [0.25, 0.3) is 10.0 Å². The molecule has 2 aromatic rings. The van der Waals surface area contributed by atoms with Crippen LogP contribution in [-0.4, -0.2) is 56.7 Å². The minimum atomic E-state index is -3.91. The zero-order valence-electron chi connectivity index (χ0n) is 24.9. The van der Waals surface area contributed by atoms with E-state index in [0.29, 0.717) is 42.0 Å². The first kappa shape index (κ1) is 30.2. The maximum Gasteiger partial charge on any atom is 0.421 e. The van der Waals surface area contributed by atoms with E-state index in [1.165, 1.54) is 13.2 Å². The number of fused-ring (bicyclic) bond motifs is 2. The molecule has 11 heteroatoms. The van der Waals surface area contributed by atoms with Crippen molar-refractivity contribution >= 4 is 39.8 Å². The summed E-state index contributed by atoms with van der Waals surface area (Å²) in [6.07, 6.45) is 1.93. The molecule has 2 aliphatic rings. The monoisotopic (exact) mass is 582 g/mol. The number of hydrogen-bond donors (Lipinski definition) is 0. The second-order valence-corrected chi connectivity index (χ2v) is 13.2. The fourth-order valence-electron chi connectivity index (χ4n) is 5.17. The zero-order valence-corrected chi connectivity index (χ0v) is 25.7. The first-order chi connectivity index (χ1) is 19.2. The quantitative estimate of drug-likeness (QED) is 0.314. The number of imide groups is 1. The number of carbonyl (C=O) groups is 2. The SMILES string of the molecule is CCC1(CC)C(=O)N(C(=O)OC(C)(C)C)c2ccc(/C=N/N(CC(C)C)C3=NS(=O)(=O)c4cc(OC)ccc43)cc21. The average molecular weight is 583 g/mol. The molecule has 0 spiro atoms. The maximum absolute atomic E-state index is 13.7. The van der Waals surface area contributed by atoms with Crippen LogP contribution < -0.4 is 9.64 Å². The van der Waals surface area contributed by atoms with Gasteiger partial charge in [-0.1, -0.05) is 33.8 Å². The lowest BCUT2D eigenvalue weighted by molar-refractivity contribution is -0.123. The third-order valence-electron chi connectivity index (χ3n) is 7.22. The molecule has 2 aliphatic heterocycles. The summed E-state index contributed by atoms with van der Waals surface area (Å²) >= 11 is 0. The summed E-state index contributed by atoms with van der Waals surface area (Å²) < 4.78 is 40.6. The van der Waals surface area contributed by atoms with Crippen molar-refractivity contribution < 1.29 is 27.5 Å². The third kappa shape index (κ3) is 5.59. The Labute approximate surface area is 242 Å². The number of ether oxygens (including phenoxy) is 2. The molecule has 2 heterocycles. The van der Waals surface area contributed by atoms with Crippen LogP contribution in [0.3, 0.4) is 0 Å². The molecule has 0 atom stereocenters. The average Bonchev–Trinajstić information content (AvgIpc) is 3.31. The second kappa shape index (κ2) is 10.9. The van der Waals surface area contributed by atoms with Crippen molar-refractivity contribution in [2.75, 3.05) is 18.6 Å². The van der Waals surface area contributed by atoms with Crippen LogP contribution in [0.15, 0.2) is 50.8 Å². The summed E-state index contributed by atoms with van der Waals surface area (Å²) in [6, 6.07) is 10.2. The summed E-state index contributed by atoms with van der Waals surface area (Å²) in [6.45, 7) is 13.6. The van der Waals surface area contributed by atoms with E-state index in [0.717, 1.165) is 10.5 Å². The number of hydrazone groups is 1. The number of benzene rings is 2. The van der Waals surface area contributed by atoms with Gasteiger partial charge in [-0.3, -0.25) is 4.79 Å². The number of amidine groups is 1. The molecule has 41 heavy (non-hydrogen) atoms. The Morgan fingerprint density at radius 3 is 2.41 bits per heavy atom. The normalized spacial score (nSPS) is 17.0. The summed E-state index contributed by atoms with van der Waals surface area (Å²) in [5.41, 5.74) is 0.740. The highest BCUT2D eigenvalue weighted by Gasteiger charge is 2.51. The molecule has 0 N–H and O–H groups in total. The van der Waals surface area contributed by atoms with Gasteiger partial charge in [-0.2, -0.15) is 13.5 Å². The molecule has 0 aromatic heterocycles. The topological polar surface area (TPSA) is 118 Å². The summed E-state index contributed by atoms with van der Waals surface area (Å²) in [5, 5.41) is 6.24. The Bertz CT molecular complexity index is 1530. The van der Waals surface area contributed by atoms with Gasteiger partial charge >= 0.3 is 6.09 Å². The Morgan fingerprint density at radius 1 is 1.15 bits per heavy atom. The number of carbonyl (C=O) groups excluding carboxylic acids is 2. The number of anilines is 1. The van der Waals surface area contributed by atoms with Crippen molar-refractivity contribution in [3.8, 4) is 5.75 Å². The molecule has 2 aromatic carbocycles. The van der Waals surface area contributed by atoms with E-state index in [-0.39, 0.29) is 22.6 Å². The first-order valence-corrected chi connectivity index (χ1v) is 15.2. The molecule has 220 valence electrons. The number of nitrogens with zero attached hydrogens (tertiary/aromatic N) is 4. The Kier molecular flexibility index (Phi) is 8.05. The highest BCUT2D eigenvalue weighted by Crippen LogP contribution is 2.47. The van der Waals surface area contributed by atoms with Crippen molar-refractivity contribution in [3.63, 3.8) is 0 Å². The van der Waals surface area contributed by atoms with Gasteiger partial charge in [0.1, 0.15) is 16.2 Å². The lowest BCUT2D eigenvalue weighted by Gasteiger charge is -2.27. The molecule has 0 radical (unpaired) electrons. The van der Waals surface area contributed by atoms with Gasteiger partial charge in [-0.05, 0) is 74.9 Å². The van der Waals surface area contributed by atoms with Crippen LogP contribution in [0.5, 0.6) is 5.75 Å². The van der Waals surface area contributed by atoms with Gasteiger partial charge in [0.15, 0.2) is 5.84 Å². The molecule has 0 unspecified atom stereocenters. The zero-order chi connectivity index (χ0) is 30.3. The molecular formula is C30H38N4O6S. The van der Waals surface area contributed by atoms with E-state index in [1.807, 2.05) is 33.8 Å². The number of amides is 2. The number of sulfonamides is 1. The predicted molar refractivity (Wildman–Crippen MR) is 158 cm³/mol. The van der Waals surface area contributed by atoms with Crippen LogP contribution in [0.1, 0.15) is 78.0 Å². The van der Waals surface area contributed by atoms with Crippen molar-refractivity contribution in [1.82, 2.24) is 5.01 Å². The largest absolute Gasteiger partial charge is 0.497 e. The van der Waals surface area contributed by atoms with Gasteiger partial charge in [0, 0.05) is 18.2 Å². The molecule has 2 amide bonds. The molecule has 0 aliphatic carbocycles. The molecule has 10 nitrogen and oxygen atoms in total. The highest BCUT2D eigenvalue weighted by atomic mass is 32.2. The first-order valence-electron chi connectivity index (χ1n) is 13.7. The van der Waals surface area contributed by atoms with E-state index < -0.39 is 27.1 Å². The minimum Gasteiger partial charge on any atom is -0.497 e. The van der Waals surface area contributed by atoms with E-state index >= 15 is 0 Å². The fourth-order valence-corrected chi connectivity index (χ4v) is 6.39. The Morgan fingerprint density at radius 2 is 1.83 bits per heavy atom. The number of methoxy groups -OCH3 is 1. The van der Waals surface area contributed by atoms with E-state index in [4.69, 9.17) is 9.47 Å². The second-order valence-electron chi connectivity index (χ2n) is 11.7. The molecule has 4 rings (SSSR count). The lowest BCUT2D eigenvalue weighted by atomic mass is 9.76. The predicted octanol–water partition coefficient (Wildman–Crippen LogP) is 5.48. The van der Waals surface area contributed by atoms with Crippen LogP contribution in [0.4, 0.5) is 10.5 Å². The van der Waals surface area contributed by atoms with Crippen molar-refractivity contribution in [3.05, 3.63) is 53.1 Å². The Hall–Kier alpha value is -3.73. The van der Waals surface area contributed by atoms with Gasteiger partial charge in [0.2, 0.25) is 5.91 Å². The van der Waals surface area contributed by atoms with E-state index in [1.54, 1.807) is 56.3 Å². The smallest absolute Gasteiger partial charge is 0.421 e. The van der Waals surface area contributed by atoms with E-state index in [9.17, 15) is 18.0 Å². The van der Waals surface area contributed by atoms with Crippen molar-refractivity contribution in [2.24, 2.45) is 15.4 Å². The molecule has 0 fully saturated rings. The van der Waals surface area contributed by atoms with Gasteiger partial charge in [-0.15, -0.1) is 4.40 Å². The van der Waals surface area contributed by atoms with Crippen molar-refractivity contribution in [2.45, 2.75) is 77.2 Å². The summed E-state index contributed by atoms with van der Waals surface area (Å²) in [4.78, 5) is 28.0. The van der Waals surface area contributed by atoms with Crippen LogP contribution >= 0.6 is 0 Å².